The molecule has 1 atom stereocenters. The summed E-state index contributed by atoms with van der Waals surface area (Å²) >= 11 is 0. The Morgan fingerprint density at radius 3 is 3.00 bits per heavy atom. The first-order valence-corrected chi connectivity index (χ1v) is 7.44. The van der Waals surface area contributed by atoms with Gasteiger partial charge in [-0.25, -0.2) is 9.18 Å². The number of halogens is 1. The average molecular weight is 287 g/mol. The summed E-state index contributed by atoms with van der Waals surface area (Å²) in [6.07, 6.45) is 4.80. The SMILES string of the molecule is CCCC1CCc2nc3ccc(F)cc3c(C(=O)O)c2C1. The van der Waals surface area contributed by atoms with Crippen molar-refractivity contribution in [3.63, 3.8) is 0 Å². The maximum Gasteiger partial charge on any atom is 0.336 e. The third-order valence-electron chi connectivity index (χ3n) is 4.33. The number of benzene rings is 1. The maximum absolute atomic E-state index is 13.5. The van der Waals surface area contributed by atoms with Gasteiger partial charge in [-0.05, 0) is 48.9 Å². The largest absolute Gasteiger partial charge is 0.478 e. The lowest BCUT2D eigenvalue weighted by atomic mass is 9.81. The molecule has 1 aromatic carbocycles. The molecule has 0 spiro atoms. The summed E-state index contributed by atoms with van der Waals surface area (Å²) in [6, 6.07) is 4.18. The van der Waals surface area contributed by atoms with Gasteiger partial charge in [-0.2, -0.15) is 0 Å². The number of aromatic nitrogens is 1. The van der Waals surface area contributed by atoms with Gasteiger partial charge in [0.05, 0.1) is 11.1 Å². The predicted molar refractivity (Wildman–Crippen MR) is 79.1 cm³/mol. The van der Waals surface area contributed by atoms with Crippen LogP contribution in [-0.2, 0) is 12.8 Å². The third-order valence-corrected chi connectivity index (χ3v) is 4.33. The lowest BCUT2D eigenvalue weighted by Gasteiger charge is -2.25. The lowest BCUT2D eigenvalue weighted by molar-refractivity contribution is 0.0697. The molecule has 1 aliphatic rings. The summed E-state index contributed by atoms with van der Waals surface area (Å²) in [7, 11) is 0. The number of hydrogen-bond acceptors (Lipinski definition) is 2. The van der Waals surface area contributed by atoms with Gasteiger partial charge in [0.25, 0.3) is 0 Å². The molecule has 110 valence electrons. The van der Waals surface area contributed by atoms with Gasteiger partial charge < -0.3 is 5.11 Å². The van der Waals surface area contributed by atoms with Crippen LogP contribution in [-0.4, -0.2) is 16.1 Å². The highest BCUT2D eigenvalue weighted by Crippen LogP contribution is 2.33. The van der Waals surface area contributed by atoms with Gasteiger partial charge in [0.2, 0.25) is 0 Å². The van der Waals surface area contributed by atoms with Crippen LogP contribution in [0.5, 0.6) is 0 Å². The minimum atomic E-state index is -0.985. The highest BCUT2D eigenvalue weighted by atomic mass is 19.1. The zero-order valence-corrected chi connectivity index (χ0v) is 12.0. The molecular formula is C17H18FNO2. The molecule has 1 aliphatic carbocycles. The molecule has 0 aliphatic heterocycles. The highest BCUT2D eigenvalue weighted by Gasteiger charge is 2.26. The number of rotatable bonds is 3. The summed E-state index contributed by atoms with van der Waals surface area (Å²) in [5.41, 5.74) is 2.50. The fraction of sp³-hybridized carbons (Fsp3) is 0.412. The number of aryl methyl sites for hydroxylation is 1. The Morgan fingerprint density at radius 2 is 2.29 bits per heavy atom. The zero-order chi connectivity index (χ0) is 15.0. The van der Waals surface area contributed by atoms with E-state index < -0.39 is 11.8 Å². The van der Waals surface area contributed by atoms with Crippen LogP contribution in [0, 0.1) is 11.7 Å². The Balaban J connectivity index is 2.21. The van der Waals surface area contributed by atoms with E-state index in [0.717, 1.165) is 43.4 Å². The van der Waals surface area contributed by atoms with Crippen LogP contribution in [0.1, 0.15) is 47.8 Å². The van der Waals surface area contributed by atoms with Gasteiger partial charge in [-0.1, -0.05) is 19.8 Å². The Bertz CT molecular complexity index is 711. The smallest absolute Gasteiger partial charge is 0.336 e. The molecule has 1 N–H and O–H groups in total. The van der Waals surface area contributed by atoms with Gasteiger partial charge >= 0.3 is 5.97 Å². The molecule has 4 heteroatoms. The number of pyridine rings is 1. The third kappa shape index (κ3) is 2.50. The minimum Gasteiger partial charge on any atom is -0.478 e. The van der Waals surface area contributed by atoms with E-state index in [9.17, 15) is 14.3 Å². The normalized spacial score (nSPS) is 17.7. The minimum absolute atomic E-state index is 0.246. The maximum atomic E-state index is 13.5. The monoisotopic (exact) mass is 287 g/mol. The topological polar surface area (TPSA) is 50.2 Å². The molecule has 3 rings (SSSR count). The van der Waals surface area contributed by atoms with Gasteiger partial charge in [0.1, 0.15) is 5.82 Å². The van der Waals surface area contributed by atoms with Gasteiger partial charge in [-0.3, -0.25) is 4.98 Å². The summed E-state index contributed by atoms with van der Waals surface area (Å²) < 4.78 is 13.5. The van der Waals surface area contributed by atoms with E-state index in [1.165, 1.54) is 12.1 Å². The molecule has 0 bridgehead atoms. The summed E-state index contributed by atoms with van der Waals surface area (Å²) in [6.45, 7) is 2.14. The van der Waals surface area contributed by atoms with Crippen LogP contribution >= 0.6 is 0 Å². The van der Waals surface area contributed by atoms with Crippen LogP contribution in [0.2, 0.25) is 0 Å². The van der Waals surface area contributed by atoms with Crippen molar-refractivity contribution in [2.24, 2.45) is 5.92 Å². The molecule has 1 unspecified atom stereocenters. The average Bonchev–Trinajstić information content (AvgIpc) is 2.45. The van der Waals surface area contributed by atoms with E-state index >= 15 is 0 Å². The van der Waals surface area contributed by atoms with Crippen molar-refractivity contribution in [1.82, 2.24) is 4.98 Å². The molecule has 3 nitrogen and oxygen atoms in total. The summed E-state index contributed by atoms with van der Waals surface area (Å²) in [4.78, 5) is 16.3. The molecular weight excluding hydrogens is 269 g/mol. The van der Waals surface area contributed by atoms with E-state index in [1.54, 1.807) is 6.07 Å². The number of carboxylic acids is 1. The second-order valence-corrected chi connectivity index (χ2v) is 5.78. The van der Waals surface area contributed by atoms with Crippen molar-refractivity contribution >= 4 is 16.9 Å². The molecule has 0 radical (unpaired) electrons. The van der Waals surface area contributed by atoms with Crippen LogP contribution in [0.3, 0.4) is 0 Å². The second kappa shape index (κ2) is 5.43. The van der Waals surface area contributed by atoms with Crippen LogP contribution < -0.4 is 0 Å². The summed E-state index contributed by atoms with van der Waals surface area (Å²) in [5.74, 6) is -0.900. The molecule has 1 aromatic heterocycles. The van der Waals surface area contributed by atoms with Crippen molar-refractivity contribution in [1.29, 1.82) is 0 Å². The Morgan fingerprint density at radius 1 is 1.48 bits per heavy atom. The molecule has 0 fully saturated rings. The Hall–Kier alpha value is -1.97. The number of carboxylic acid groups (broad SMARTS) is 1. The molecule has 21 heavy (non-hydrogen) atoms. The van der Waals surface area contributed by atoms with Crippen molar-refractivity contribution in [3.05, 3.63) is 40.8 Å². The van der Waals surface area contributed by atoms with Crippen LogP contribution in [0.15, 0.2) is 18.2 Å². The van der Waals surface area contributed by atoms with Crippen molar-refractivity contribution in [2.45, 2.75) is 39.0 Å². The van der Waals surface area contributed by atoms with E-state index in [-0.39, 0.29) is 5.56 Å². The first-order valence-electron chi connectivity index (χ1n) is 7.44. The number of carbonyl (C=O) groups is 1. The highest BCUT2D eigenvalue weighted by molar-refractivity contribution is 6.04. The number of nitrogens with zero attached hydrogens (tertiary/aromatic N) is 1. The molecule has 2 aromatic rings. The van der Waals surface area contributed by atoms with E-state index in [1.807, 2.05) is 0 Å². The van der Waals surface area contributed by atoms with Gasteiger partial charge in [0.15, 0.2) is 0 Å². The fourth-order valence-electron chi connectivity index (χ4n) is 3.38. The molecule has 0 saturated carbocycles. The quantitative estimate of drug-likeness (QED) is 0.929. The van der Waals surface area contributed by atoms with Crippen molar-refractivity contribution < 1.29 is 14.3 Å². The Kier molecular flexibility index (Phi) is 3.62. The van der Waals surface area contributed by atoms with Gasteiger partial charge in [0, 0.05) is 11.1 Å². The lowest BCUT2D eigenvalue weighted by Crippen LogP contribution is -2.19. The number of fused-ring (bicyclic) bond motifs is 2. The van der Waals surface area contributed by atoms with Gasteiger partial charge in [-0.15, -0.1) is 0 Å². The summed E-state index contributed by atoms with van der Waals surface area (Å²) in [5, 5.41) is 10.0. The number of hydrogen-bond donors (Lipinski definition) is 1. The molecule has 0 saturated heterocycles. The van der Waals surface area contributed by atoms with Crippen molar-refractivity contribution in [2.75, 3.05) is 0 Å². The fourth-order valence-corrected chi connectivity index (χ4v) is 3.38. The number of aromatic carboxylic acids is 1. The van der Waals surface area contributed by atoms with E-state index in [2.05, 4.69) is 11.9 Å². The van der Waals surface area contributed by atoms with Crippen molar-refractivity contribution in [3.8, 4) is 0 Å². The van der Waals surface area contributed by atoms with Crippen LogP contribution in [0.25, 0.3) is 10.9 Å². The Labute approximate surface area is 122 Å². The predicted octanol–water partition coefficient (Wildman–Crippen LogP) is 3.98. The van der Waals surface area contributed by atoms with E-state index in [0.29, 0.717) is 16.8 Å². The molecule has 1 heterocycles. The van der Waals surface area contributed by atoms with Crippen LogP contribution in [0.4, 0.5) is 4.39 Å². The zero-order valence-electron chi connectivity index (χ0n) is 12.0. The second-order valence-electron chi connectivity index (χ2n) is 5.78. The first kappa shape index (κ1) is 14.0. The van der Waals surface area contributed by atoms with E-state index in [4.69, 9.17) is 0 Å². The molecule has 0 amide bonds. The first-order chi connectivity index (χ1) is 10.1. The standard InChI is InChI=1S/C17H18FNO2/c1-2-3-10-4-6-14-12(8-10)16(17(20)21)13-9-11(18)5-7-15(13)19-14/h5,7,9-10H,2-4,6,8H2,1H3,(H,20,21).